The lowest BCUT2D eigenvalue weighted by atomic mass is 10.1. The number of aryl methyl sites for hydroxylation is 3. The van der Waals surface area contributed by atoms with Crippen LogP contribution in [0.15, 0.2) is 54.6 Å². The van der Waals surface area contributed by atoms with Crippen molar-refractivity contribution in [1.29, 1.82) is 0 Å². The molecule has 1 N–H and O–H groups in total. The van der Waals surface area contributed by atoms with Crippen LogP contribution in [0.2, 0.25) is 0 Å². The highest BCUT2D eigenvalue weighted by Crippen LogP contribution is 2.17. The number of carbonyl (C=O) groups excluding carboxylic acids is 1. The molecule has 0 saturated heterocycles. The van der Waals surface area contributed by atoms with Gasteiger partial charge in [-0.3, -0.25) is 9.48 Å². The highest BCUT2D eigenvalue weighted by Gasteiger charge is 2.10. The summed E-state index contributed by atoms with van der Waals surface area (Å²) in [5.41, 5.74) is 7.28. The van der Waals surface area contributed by atoms with Crippen molar-refractivity contribution < 1.29 is 4.79 Å². The van der Waals surface area contributed by atoms with E-state index in [0.29, 0.717) is 0 Å². The first-order valence-corrected chi connectivity index (χ1v) is 9.08. The Balaban J connectivity index is 1.74. The summed E-state index contributed by atoms with van der Waals surface area (Å²) in [4.78, 5) is 12.3. The topological polar surface area (TPSA) is 46.9 Å². The van der Waals surface area contributed by atoms with Crippen molar-refractivity contribution in [2.45, 2.75) is 34.2 Å². The molecule has 0 aliphatic heterocycles. The van der Waals surface area contributed by atoms with Crippen molar-refractivity contribution in [1.82, 2.24) is 9.78 Å². The first-order chi connectivity index (χ1) is 12.9. The molecule has 0 spiro atoms. The van der Waals surface area contributed by atoms with Crippen LogP contribution >= 0.6 is 0 Å². The van der Waals surface area contributed by atoms with Gasteiger partial charge in [0.1, 0.15) is 0 Å². The first-order valence-electron chi connectivity index (χ1n) is 9.08. The van der Waals surface area contributed by atoms with Crippen molar-refractivity contribution in [3.05, 3.63) is 88.2 Å². The molecule has 2 aromatic carbocycles. The number of carbonyl (C=O) groups is 1. The van der Waals surface area contributed by atoms with E-state index in [1.807, 2.05) is 55.8 Å². The van der Waals surface area contributed by atoms with Gasteiger partial charge in [-0.2, -0.15) is 5.10 Å². The standard InChI is InChI=1S/C23H25N3O/c1-16-9-11-20(12-10-16)15-26-19(4)21(18(3)25-26)13-14-23(27)24-22-8-6-5-7-17(22)2/h5-14H,15H2,1-4H3,(H,24,27)/b14-13+. The van der Waals surface area contributed by atoms with E-state index in [-0.39, 0.29) is 5.91 Å². The number of aromatic nitrogens is 2. The van der Waals surface area contributed by atoms with Gasteiger partial charge in [0.2, 0.25) is 5.91 Å². The largest absolute Gasteiger partial charge is 0.322 e. The van der Waals surface area contributed by atoms with E-state index in [0.717, 1.165) is 34.7 Å². The predicted octanol–water partition coefficient (Wildman–Crippen LogP) is 4.82. The predicted molar refractivity (Wildman–Crippen MR) is 111 cm³/mol. The summed E-state index contributed by atoms with van der Waals surface area (Å²) in [6, 6.07) is 16.2. The molecular formula is C23H25N3O. The summed E-state index contributed by atoms with van der Waals surface area (Å²) in [7, 11) is 0. The monoisotopic (exact) mass is 359 g/mol. The van der Waals surface area contributed by atoms with Gasteiger partial charge in [0.05, 0.1) is 12.2 Å². The number of rotatable bonds is 5. The van der Waals surface area contributed by atoms with Crippen LogP contribution in [0.4, 0.5) is 5.69 Å². The average Bonchev–Trinajstić information content (AvgIpc) is 2.90. The summed E-state index contributed by atoms with van der Waals surface area (Å²) < 4.78 is 1.99. The first kappa shape index (κ1) is 18.6. The van der Waals surface area contributed by atoms with Crippen LogP contribution in [0.3, 0.4) is 0 Å². The molecule has 0 aliphatic rings. The molecule has 0 bridgehead atoms. The molecule has 0 unspecified atom stereocenters. The van der Waals surface area contributed by atoms with Gasteiger partial charge in [-0.05, 0) is 51.0 Å². The Bertz CT molecular complexity index is 981. The van der Waals surface area contributed by atoms with Gasteiger partial charge < -0.3 is 5.32 Å². The number of anilines is 1. The summed E-state index contributed by atoms with van der Waals surface area (Å²) >= 11 is 0. The third-order valence-electron chi connectivity index (χ3n) is 4.69. The fourth-order valence-corrected chi connectivity index (χ4v) is 3.02. The molecule has 3 rings (SSSR count). The maximum Gasteiger partial charge on any atom is 0.248 e. The van der Waals surface area contributed by atoms with Gasteiger partial charge in [0.15, 0.2) is 0 Å². The molecule has 0 radical (unpaired) electrons. The van der Waals surface area contributed by atoms with Crippen LogP contribution < -0.4 is 5.32 Å². The number of nitrogens with one attached hydrogen (secondary N) is 1. The van der Waals surface area contributed by atoms with Crippen LogP contribution in [-0.4, -0.2) is 15.7 Å². The highest BCUT2D eigenvalue weighted by molar-refractivity contribution is 6.02. The zero-order valence-corrected chi connectivity index (χ0v) is 16.3. The third-order valence-corrected chi connectivity index (χ3v) is 4.69. The van der Waals surface area contributed by atoms with Crippen molar-refractivity contribution >= 4 is 17.7 Å². The van der Waals surface area contributed by atoms with Crippen LogP contribution in [0.25, 0.3) is 6.08 Å². The maximum atomic E-state index is 12.3. The minimum absolute atomic E-state index is 0.144. The second-order valence-electron chi connectivity index (χ2n) is 6.87. The van der Waals surface area contributed by atoms with Gasteiger partial charge in [-0.15, -0.1) is 0 Å². The maximum absolute atomic E-state index is 12.3. The van der Waals surface area contributed by atoms with Crippen LogP contribution in [0.5, 0.6) is 0 Å². The van der Waals surface area contributed by atoms with E-state index < -0.39 is 0 Å². The van der Waals surface area contributed by atoms with Gasteiger partial charge in [-0.1, -0.05) is 48.0 Å². The molecule has 1 amide bonds. The Hall–Kier alpha value is -3.14. The smallest absolute Gasteiger partial charge is 0.248 e. The van der Waals surface area contributed by atoms with Gasteiger partial charge in [0, 0.05) is 23.0 Å². The average molecular weight is 359 g/mol. The third kappa shape index (κ3) is 4.53. The lowest BCUT2D eigenvalue weighted by molar-refractivity contribution is -0.111. The Morgan fingerprint density at radius 1 is 1.04 bits per heavy atom. The van der Waals surface area contributed by atoms with Crippen LogP contribution in [0, 0.1) is 27.7 Å². The SMILES string of the molecule is Cc1ccc(Cn2nc(C)c(/C=C/C(=O)Nc3ccccc3C)c2C)cc1. The minimum Gasteiger partial charge on any atom is -0.322 e. The van der Waals surface area contributed by atoms with Gasteiger partial charge in [0.25, 0.3) is 0 Å². The summed E-state index contributed by atoms with van der Waals surface area (Å²) in [6.45, 7) is 8.78. The number of nitrogens with zero attached hydrogens (tertiary/aromatic N) is 2. The highest BCUT2D eigenvalue weighted by atomic mass is 16.1. The quantitative estimate of drug-likeness (QED) is 0.664. The minimum atomic E-state index is -0.144. The molecular weight excluding hydrogens is 334 g/mol. The van der Waals surface area contributed by atoms with E-state index in [2.05, 4.69) is 41.6 Å². The van der Waals surface area contributed by atoms with E-state index in [9.17, 15) is 4.79 Å². The lowest BCUT2D eigenvalue weighted by Crippen LogP contribution is -2.08. The molecule has 0 atom stereocenters. The number of benzene rings is 2. The van der Waals surface area contributed by atoms with E-state index in [1.54, 1.807) is 6.08 Å². The second kappa shape index (κ2) is 8.04. The van der Waals surface area contributed by atoms with E-state index >= 15 is 0 Å². The number of hydrogen-bond acceptors (Lipinski definition) is 2. The fraction of sp³-hybridized carbons (Fsp3) is 0.217. The normalized spacial score (nSPS) is 11.1. The molecule has 1 aromatic heterocycles. The van der Waals surface area contributed by atoms with Crippen LogP contribution in [-0.2, 0) is 11.3 Å². The molecule has 4 nitrogen and oxygen atoms in total. The molecule has 3 aromatic rings. The lowest BCUT2D eigenvalue weighted by Gasteiger charge is -2.06. The molecule has 0 saturated carbocycles. The summed E-state index contributed by atoms with van der Waals surface area (Å²) in [5, 5.41) is 7.56. The Kier molecular flexibility index (Phi) is 5.55. The van der Waals surface area contributed by atoms with Crippen molar-refractivity contribution in [3.63, 3.8) is 0 Å². The second-order valence-corrected chi connectivity index (χ2v) is 6.87. The molecule has 0 aliphatic carbocycles. The molecule has 1 heterocycles. The summed E-state index contributed by atoms with van der Waals surface area (Å²) in [6.07, 6.45) is 3.41. The summed E-state index contributed by atoms with van der Waals surface area (Å²) in [5.74, 6) is -0.144. The number of amides is 1. The Labute approximate surface area is 160 Å². The number of para-hydroxylation sites is 1. The molecule has 27 heavy (non-hydrogen) atoms. The van der Waals surface area contributed by atoms with Crippen molar-refractivity contribution in [2.75, 3.05) is 5.32 Å². The van der Waals surface area contributed by atoms with Gasteiger partial charge >= 0.3 is 0 Å². The van der Waals surface area contributed by atoms with Crippen LogP contribution in [0.1, 0.15) is 33.6 Å². The number of hydrogen-bond donors (Lipinski definition) is 1. The Morgan fingerprint density at radius 3 is 2.44 bits per heavy atom. The molecule has 4 heteroatoms. The van der Waals surface area contributed by atoms with Crippen molar-refractivity contribution in [2.24, 2.45) is 0 Å². The van der Waals surface area contributed by atoms with E-state index in [1.165, 1.54) is 11.1 Å². The van der Waals surface area contributed by atoms with Crippen molar-refractivity contribution in [3.8, 4) is 0 Å². The fourth-order valence-electron chi connectivity index (χ4n) is 3.02. The van der Waals surface area contributed by atoms with Gasteiger partial charge in [-0.25, -0.2) is 0 Å². The zero-order valence-electron chi connectivity index (χ0n) is 16.3. The zero-order chi connectivity index (χ0) is 19.4. The van der Waals surface area contributed by atoms with E-state index in [4.69, 9.17) is 0 Å². The molecule has 0 fully saturated rings. The Morgan fingerprint density at radius 2 is 1.74 bits per heavy atom. The molecule has 138 valence electrons.